The zero-order valence-electron chi connectivity index (χ0n) is 10.9. The van der Waals surface area contributed by atoms with Crippen LogP contribution in [0, 0.1) is 23.7 Å². The number of halogens is 3. The minimum atomic E-state index is -4.20. The number of hydrogen-bond acceptors (Lipinski definition) is 1. The third kappa shape index (κ3) is 2.60. The van der Waals surface area contributed by atoms with Crippen molar-refractivity contribution in [2.45, 2.75) is 31.9 Å². The summed E-state index contributed by atoms with van der Waals surface area (Å²) >= 11 is 0. The first kappa shape index (κ1) is 13.2. The van der Waals surface area contributed by atoms with Crippen molar-refractivity contribution >= 4 is 0 Å². The topological polar surface area (TPSA) is 12.0 Å². The highest BCUT2D eigenvalue weighted by Crippen LogP contribution is 2.44. The number of alkyl halides is 3. The number of fused-ring (bicyclic) bond motifs is 1. The monoisotopic (exact) mass is 271 g/mol. The van der Waals surface area contributed by atoms with Gasteiger partial charge in [0.1, 0.15) is 0 Å². The molecule has 4 heteroatoms. The molecule has 0 spiro atoms. The maximum atomic E-state index is 12.8. The van der Waals surface area contributed by atoms with E-state index in [9.17, 15) is 13.2 Å². The summed E-state index contributed by atoms with van der Waals surface area (Å²) in [6, 6.07) is 0. The Morgan fingerprint density at radius 3 is 2.74 bits per heavy atom. The van der Waals surface area contributed by atoms with Crippen LogP contribution in [-0.2, 0) is 0 Å². The van der Waals surface area contributed by atoms with Crippen molar-refractivity contribution in [1.29, 1.82) is 0 Å². The summed E-state index contributed by atoms with van der Waals surface area (Å²) in [5, 5.41) is 3.41. The molecule has 0 bridgehead atoms. The first-order valence-corrected chi connectivity index (χ1v) is 7.22. The van der Waals surface area contributed by atoms with Crippen LogP contribution in [0.5, 0.6) is 0 Å². The van der Waals surface area contributed by atoms with Gasteiger partial charge in [-0.3, -0.25) is 0 Å². The Kier molecular flexibility index (Phi) is 3.46. The Bertz CT molecular complexity index is 397. The van der Waals surface area contributed by atoms with Crippen LogP contribution in [-0.4, -0.2) is 19.3 Å². The fourth-order valence-corrected chi connectivity index (χ4v) is 4.13. The van der Waals surface area contributed by atoms with Gasteiger partial charge >= 0.3 is 6.18 Å². The third-order valence-electron chi connectivity index (χ3n) is 5.03. The quantitative estimate of drug-likeness (QED) is 0.767. The SMILES string of the molecule is FC(F)(F)C1=CC([C@@H]2CCC[C@@H]3CNC[C@H]32)CC=C1. The lowest BCUT2D eigenvalue weighted by Gasteiger charge is -2.38. The molecule has 106 valence electrons. The van der Waals surface area contributed by atoms with Gasteiger partial charge in [0.15, 0.2) is 0 Å². The van der Waals surface area contributed by atoms with Crippen LogP contribution in [0.1, 0.15) is 25.7 Å². The largest absolute Gasteiger partial charge is 0.416 e. The van der Waals surface area contributed by atoms with Crippen molar-refractivity contribution in [3.05, 3.63) is 23.8 Å². The Labute approximate surface area is 111 Å². The first-order chi connectivity index (χ1) is 9.05. The minimum absolute atomic E-state index is 0.0781. The number of rotatable bonds is 1. The minimum Gasteiger partial charge on any atom is -0.316 e. The molecule has 0 amide bonds. The van der Waals surface area contributed by atoms with Gasteiger partial charge in [-0.05, 0) is 56.0 Å². The molecule has 0 aromatic heterocycles. The molecule has 2 fully saturated rings. The van der Waals surface area contributed by atoms with E-state index in [-0.39, 0.29) is 5.92 Å². The van der Waals surface area contributed by atoms with Gasteiger partial charge in [0.05, 0.1) is 5.57 Å². The molecule has 3 aliphatic rings. The lowest BCUT2D eigenvalue weighted by Crippen LogP contribution is -2.33. The Balaban J connectivity index is 1.78. The Morgan fingerprint density at radius 1 is 1.11 bits per heavy atom. The van der Waals surface area contributed by atoms with Gasteiger partial charge < -0.3 is 5.32 Å². The molecule has 1 nitrogen and oxygen atoms in total. The molecule has 1 N–H and O–H groups in total. The van der Waals surface area contributed by atoms with Gasteiger partial charge in [0.2, 0.25) is 0 Å². The normalized spacial score (nSPS) is 39.0. The third-order valence-corrected chi connectivity index (χ3v) is 5.03. The molecule has 0 aromatic rings. The van der Waals surface area contributed by atoms with Crippen LogP contribution < -0.4 is 5.32 Å². The molecule has 1 saturated carbocycles. The van der Waals surface area contributed by atoms with Crippen molar-refractivity contribution < 1.29 is 13.2 Å². The average molecular weight is 271 g/mol. The van der Waals surface area contributed by atoms with Gasteiger partial charge in [0, 0.05) is 0 Å². The number of allylic oxidation sites excluding steroid dienone is 4. The molecule has 3 rings (SSSR count). The van der Waals surface area contributed by atoms with Crippen molar-refractivity contribution in [2.75, 3.05) is 13.1 Å². The van der Waals surface area contributed by atoms with E-state index in [4.69, 9.17) is 0 Å². The predicted molar refractivity (Wildman–Crippen MR) is 68.6 cm³/mol. The second-order valence-corrected chi connectivity index (χ2v) is 6.10. The molecule has 0 aromatic carbocycles. The number of nitrogens with one attached hydrogen (secondary N) is 1. The Morgan fingerprint density at radius 2 is 1.95 bits per heavy atom. The van der Waals surface area contributed by atoms with Crippen LogP contribution in [0.15, 0.2) is 23.8 Å². The second-order valence-electron chi connectivity index (χ2n) is 6.10. The van der Waals surface area contributed by atoms with E-state index in [1.807, 2.05) is 0 Å². The summed E-state index contributed by atoms with van der Waals surface area (Å²) in [5.74, 6) is 1.77. The van der Waals surface area contributed by atoms with Gasteiger partial charge in [-0.25, -0.2) is 0 Å². The average Bonchev–Trinajstić information content (AvgIpc) is 2.86. The van der Waals surface area contributed by atoms with E-state index in [0.717, 1.165) is 25.9 Å². The fourth-order valence-electron chi connectivity index (χ4n) is 4.13. The van der Waals surface area contributed by atoms with E-state index in [1.165, 1.54) is 25.0 Å². The molecule has 1 heterocycles. The lowest BCUT2D eigenvalue weighted by atomic mass is 9.67. The molecule has 1 unspecified atom stereocenters. The fraction of sp³-hybridized carbons (Fsp3) is 0.733. The van der Waals surface area contributed by atoms with Crippen molar-refractivity contribution in [2.24, 2.45) is 23.7 Å². The second kappa shape index (κ2) is 4.97. The molecule has 1 aliphatic heterocycles. The molecule has 4 atom stereocenters. The highest BCUT2D eigenvalue weighted by Gasteiger charge is 2.41. The molecule has 2 aliphatic carbocycles. The van der Waals surface area contributed by atoms with Crippen LogP contribution in [0.3, 0.4) is 0 Å². The van der Waals surface area contributed by atoms with Crippen molar-refractivity contribution in [1.82, 2.24) is 5.32 Å². The van der Waals surface area contributed by atoms with E-state index in [0.29, 0.717) is 17.8 Å². The standard InChI is InChI=1S/C15H20F3N/c16-15(17,18)12-5-1-3-10(7-12)13-6-2-4-11-8-19-9-14(11)13/h1,5,7,10-11,13-14,19H,2-4,6,8-9H2/t10?,11-,13+,14-/m1/s1. The van der Waals surface area contributed by atoms with Gasteiger partial charge in [0.25, 0.3) is 0 Å². The zero-order valence-corrected chi connectivity index (χ0v) is 10.9. The molecule has 0 radical (unpaired) electrons. The van der Waals surface area contributed by atoms with Crippen LogP contribution in [0.4, 0.5) is 13.2 Å². The van der Waals surface area contributed by atoms with E-state index in [2.05, 4.69) is 5.32 Å². The van der Waals surface area contributed by atoms with Crippen LogP contribution in [0.25, 0.3) is 0 Å². The van der Waals surface area contributed by atoms with Gasteiger partial charge in [-0.15, -0.1) is 0 Å². The van der Waals surface area contributed by atoms with Crippen LogP contribution >= 0.6 is 0 Å². The maximum Gasteiger partial charge on any atom is 0.416 e. The molecular formula is C15H20F3N. The summed E-state index contributed by atoms with van der Waals surface area (Å²) < 4.78 is 38.5. The summed E-state index contributed by atoms with van der Waals surface area (Å²) in [6.07, 6.45) is 4.51. The maximum absolute atomic E-state index is 12.8. The summed E-state index contributed by atoms with van der Waals surface area (Å²) in [4.78, 5) is 0. The van der Waals surface area contributed by atoms with E-state index < -0.39 is 11.7 Å². The summed E-state index contributed by atoms with van der Waals surface area (Å²) in [6.45, 7) is 2.05. The molecule has 1 saturated heterocycles. The smallest absolute Gasteiger partial charge is 0.316 e. The van der Waals surface area contributed by atoms with Gasteiger partial charge in [-0.1, -0.05) is 24.6 Å². The Hall–Kier alpha value is -0.770. The highest BCUT2D eigenvalue weighted by molar-refractivity contribution is 5.28. The van der Waals surface area contributed by atoms with Crippen LogP contribution in [0.2, 0.25) is 0 Å². The number of hydrogen-bond donors (Lipinski definition) is 1. The van der Waals surface area contributed by atoms with Crippen molar-refractivity contribution in [3.63, 3.8) is 0 Å². The highest BCUT2D eigenvalue weighted by atomic mass is 19.4. The zero-order chi connectivity index (χ0) is 13.5. The van der Waals surface area contributed by atoms with Crippen molar-refractivity contribution in [3.8, 4) is 0 Å². The summed E-state index contributed by atoms with van der Waals surface area (Å²) in [5.41, 5.74) is -0.447. The lowest BCUT2D eigenvalue weighted by molar-refractivity contribution is -0.0892. The summed E-state index contributed by atoms with van der Waals surface area (Å²) in [7, 11) is 0. The van der Waals surface area contributed by atoms with Gasteiger partial charge in [-0.2, -0.15) is 13.2 Å². The molecular weight excluding hydrogens is 251 g/mol. The first-order valence-electron chi connectivity index (χ1n) is 7.22. The van der Waals surface area contributed by atoms with E-state index >= 15 is 0 Å². The molecule has 19 heavy (non-hydrogen) atoms. The van der Waals surface area contributed by atoms with E-state index in [1.54, 1.807) is 6.08 Å². The predicted octanol–water partition coefficient (Wildman–Crippen LogP) is 3.69.